The Morgan fingerprint density at radius 2 is 2.04 bits per heavy atom. The fourth-order valence-electron chi connectivity index (χ4n) is 2.25. The van der Waals surface area contributed by atoms with Gasteiger partial charge in [0.2, 0.25) is 5.91 Å². The van der Waals surface area contributed by atoms with E-state index in [1.807, 2.05) is 31.2 Å². The Morgan fingerprint density at radius 3 is 2.78 bits per heavy atom. The van der Waals surface area contributed by atoms with Crippen LogP contribution in [0.5, 0.6) is 11.5 Å². The lowest BCUT2D eigenvalue weighted by Crippen LogP contribution is -2.29. The van der Waals surface area contributed by atoms with E-state index in [0.717, 1.165) is 5.56 Å². The smallest absolute Gasteiger partial charge is 0.277 e. The van der Waals surface area contributed by atoms with E-state index in [-0.39, 0.29) is 11.7 Å². The number of carbonyl (C=O) groups is 1. The molecule has 2 aromatic heterocycles. The van der Waals surface area contributed by atoms with E-state index in [0.29, 0.717) is 41.5 Å². The van der Waals surface area contributed by atoms with Gasteiger partial charge >= 0.3 is 0 Å². The van der Waals surface area contributed by atoms with Crippen LogP contribution in [-0.2, 0) is 4.79 Å². The number of carbonyl (C=O) groups excluding carboxylic acids is 1. The highest BCUT2D eigenvalue weighted by Crippen LogP contribution is 2.26. The van der Waals surface area contributed by atoms with E-state index < -0.39 is 0 Å². The van der Waals surface area contributed by atoms with Crippen molar-refractivity contribution in [1.29, 1.82) is 0 Å². The minimum atomic E-state index is -0.150. The van der Waals surface area contributed by atoms with Gasteiger partial charge in [0.05, 0.1) is 31.2 Å². The Hall–Kier alpha value is -2.94. The van der Waals surface area contributed by atoms with Gasteiger partial charge in [0.25, 0.3) is 11.1 Å². The van der Waals surface area contributed by atoms with Crippen molar-refractivity contribution in [3.8, 4) is 23.0 Å². The molecule has 0 atom stereocenters. The minimum Gasteiger partial charge on any atom is -0.493 e. The number of benzene rings is 1. The molecule has 3 rings (SSSR count). The van der Waals surface area contributed by atoms with Crippen molar-refractivity contribution in [1.82, 2.24) is 15.5 Å². The van der Waals surface area contributed by atoms with Gasteiger partial charge in [-0.05, 0) is 25.1 Å². The average molecular weight is 389 g/mol. The Labute approximate surface area is 160 Å². The Morgan fingerprint density at radius 1 is 1.22 bits per heavy atom. The molecule has 0 aliphatic carbocycles. The second-order valence-electron chi connectivity index (χ2n) is 5.40. The zero-order chi connectivity index (χ0) is 19.1. The van der Waals surface area contributed by atoms with E-state index in [2.05, 4.69) is 15.5 Å². The maximum atomic E-state index is 11.9. The summed E-state index contributed by atoms with van der Waals surface area (Å²) in [4.78, 5) is 11.9. The fraction of sp³-hybridized carbons (Fsp3) is 0.278. The highest BCUT2D eigenvalue weighted by molar-refractivity contribution is 7.99. The van der Waals surface area contributed by atoms with E-state index in [9.17, 15) is 4.79 Å². The Kier molecular flexibility index (Phi) is 6.37. The SMILES string of the molecule is COc1ccccc1OCCNC(=O)CSc1nnc(-c2ccoc2C)o1. The first kappa shape index (κ1) is 18.8. The van der Waals surface area contributed by atoms with Crippen LogP contribution in [0.15, 0.2) is 50.7 Å². The molecule has 8 nitrogen and oxygen atoms in total. The van der Waals surface area contributed by atoms with Crippen LogP contribution in [0.25, 0.3) is 11.5 Å². The maximum absolute atomic E-state index is 11.9. The molecule has 0 saturated heterocycles. The molecule has 3 aromatic rings. The third kappa shape index (κ3) is 5.04. The number of methoxy groups -OCH3 is 1. The molecule has 1 amide bonds. The van der Waals surface area contributed by atoms with Crippen molar-refractivity contribution in [2.24, 2.45) is 0 Å². The van der Waals surface area contributed by atoms with Crippen LogP contribution in [0.2, 0.25) is 0 Å². The lowest BCUT2D eigenvalue weighted by atomic mass is 10.3. The molecule has 0 aliphatic heterocycles. The number of ether oxygens (including phenoxy) is 2. The third-order valence-corrected chi connectivity index (χ3v) is 4.39. The van der Waals surface area contributed by atoms with Gasteiger partial charge in [-0.2, -0.15) is 0 Å². The maximum Gasteiger partial charge on any atom is 0.277 e. The van der Waals surface area contributed by atoms with Crippen LogP contribution >= 0.6 is 11.8 Å². The van der Waals surface area contributed by atoms with Crippen molar-refractivity contribution >= 4 is 17.7 Å². The molecule has 0 unspecified atom stereocenters. The zero-order valence-electron chi connectivity index (χ0n) is 14.9. The standard InChI is InChI=1S/C18H19N3O5S/c1-12-13(7-9-24-12)17-20-21-18(26-17)27-11-16(22)19-8-10-25-15-6-4-3-5-14(15)23-2/h3-7,9H,8,10-11H2,1-2H3,(H,19,22). The monoisotopic (exact) mass is 389 g/mol. The van der Waals surface area contributed by atoms with Gasteiger partial charge in [-0.25, -0.2) is 0 Å². The lowest BCUT2D eigenvalue weighted by molar-refractivity contribution is -0.118. The van der Waals surface area contributed by atoms with Gasteiger partial charge in [-0.1, -0.05) is 23.9 Å². The number of hydrogen-bond acceptors (Lipinski definition) is 8. The van der Waals surface area contributed by atoms with E-state index in [1.54, 1.807) is 19.4 Å². The first-order chi connectivity index (χ1) is 13.2. The summed E-state index contributed by atoms with van der Waals surface area (Å²) < 4.78 is 21.5. The number of rotatable bonds is 9. The molecular formula is C18H19N3O5S. The summed E-state index contributed by atoms with van der Waals surface area (Å²) in [5.74, 6) is 2.37. The molecule has 1 aromatic carbocycles. The molecule has 1 N–H and O–H groups in total. The van der Waals surface area contributed by atoms with Crippen molar-refractivity contribution in [2.45, 2.75) is 12.1 Å². The molecule has 142 valence electrons. The van der Waals surface area contributed by atoms with Crippen molar-refractivity contribution in [3.05, 3.63) is 42.4 Å². The van der Waals surface area contributed by atoms with E-state index in [1.165, 1.54) is 11.8 Å². The Bertz CT molecular complexity index is 893. The predicted molar refractivity (Wildman–Crippen MR) is 99.0 cm³/mol. The summed E-state index contributed by atoms with van der Waals surface area (Å²) in [7, 11) is 1.58. The number of hydrogen-bond donors (Lipinski definition) is 1. The van der Waals surface area contributed by atoms with Crippen LogP contribution in [0.1, 0.15) is 5.76 Å². The number of nitrogens with one attached hydrogen (secondary N) is 1. The number of furan rings is 1. The topological polar surface area (TPSA) is 99.6 Å². The molecule has 0 spiro atoms. The molecule has 0 bridgehead atoms. The summed E-state index contributed by atoms with van der Waals surface area (Å²) in [5.41, 5.74) is 0.743. The quantitative estimate of drug-likeness (QED) is 0.440. The largest absolute Gasteiger partial charge is 0.493 e. The predicted octanol–water partition coefficient (Wildman–Crippen LogP) is 2.93. The molecular weight excluding hydrogens is 370 g/mol. The van der Waals surface area contributed by atoms with Crippen molar-refractivity contribution in [3.63, 3.8) is 0 Å². The normalized spacial score (nSPS) is 10.6. The third-order valence-electron chi connectivity index (χ3n) is 3.57. The summed E-state index contributed by atoms with van der Waals surface area (Å²) in [6.45, 7) is 2.52. The van der Waals surface area contributed by atoms with Gasteiger partial charge < -0.3 is 23.6 Å². The molecule has 0 radical (unpaired) electrons. The van der Waals surface area contributed by atoms with Crippen LogP contribution in [-0.4, -0.2) is 42.1 Å². The molecule has 9 heteroatoms. The van der Waals surface area contributed by atoms with E-state index >= 15 is 0 Å². The second-order valence-corrected chi connectivity index (χ2v) is 6.33. The zero-order valence-corrected chi connectivity index (χ0v) is 15.7. The van der Waals surface area contributed by atoms with Crippen LogP contribution in [0.3, 0.4) is 0 Å². The number of nitrogens with zero attached hydrogens (tertiary/aromatic N) is 2. The number of aromatic nitrogens is 2. The van der Waals surface area contributed by atoms with Gasteiger partial charge in [0, 0.05) is 0 Å². The van der Waals surface area contributed by atoms with Gasteiger partial charge in [0.1, 0.15) is 12.4 Å². The number of thioether (sulfide) groups is 1. The van der Waals surface area contributed by atoms with Crippen LogP contribution < -0.4 is 14.8 Å². The second kappa shape index (κ2) is 9.13. The molecule has 0 saturated carbocycles. The van der Waals surface area contributed by atoms with Crippen LogP contribution in [0, 0.1) is 6.92 Å². The molecule has 2 heterocycles. The number of para-hydroxylation sites is 2. The Balaban J connectivity index is 1.39. The summed E-state index contributed by atoms with van der Waals surface area (Å²) >= 11 is 1.17. The number of amides is 1. The molecule has 0 aliphatic rings. The minimum absolute atomic E-state index is 0.150. The fourth-order valence-corrected chi connectivity index (χ4v) is 2.84. The first-order valence-corrected chi connectivity index (χ1v) is 9.19. The van der Waals surface area contributed by atoms with Gasteiger partial charge in [-0.3, -0.25) is 4.79 Å². The summed E-state index contributed by atoms with van der Waals surface area (Å²) in [5, 5.41) is 11.0. The van der Waals surface area contributed by atoms with E-state index in [4.69, 9.17) is 18.3 Å². The number of aryl methyl sites for hydroxylation is 1. The lowest BCUT2D eigenvalue weighted by Gasteiger charge is -2.10. The first-order valence-electron chi connectivity index (χ1n) is 8.20. The highest BCUT2D eigenvalue weighted by atomic mass is 32.2. The van der Waals surface area contributed by atoms with Crippen molar-refractivity contribution < 1.29 is 23.1 Å². The van der Waals surface area contributed by atoms with Gasteiger partial charge in [0.15, 0.2) is 11.5 Å². The molecule has 27 heavy (non-hydrogen) atoms. The summed E-state index contributed by atoms with van der Waals surface area (Å²) in [6.07, 6.45) is 1.56. The highest BCUT2D eigenvalue weighted by Gasteiger charge is 2.14. The van der Waals surface area contributed by atoms with Gasteiger partial charge in [-0.15, -0.1) is 10.2 Å². The van der Waals surface area contributed by atoms with Crippen molar-refractivity contribution in [2.75, 3.05) is 26.0 Å². The average Bonchev–Trinajstić information content (AvgIpc) is 3.32. The summed E-state index contributed by atoms with van der Waals surface area (Å²) in [6, 6.07) is 9.10. The molecule has 0 fully saturated rings. The van der Waals surface area contributed by atoms with Crippen LogP contribution in [0.4, 0.5) is 0 Å².